The second-order valence-electron chi connectivity index (χ2n) is 5.71. The summed E-state index contributed by atoms with van der Waals surface area (Å²) in [5.74, 6) is -0.0835. The topological polar surface area (TPSA) is 91.4 Å². The van der Waals surface area contributed by atoms with Crippen LogP contribution in [0.5, 0.6) is 0 Å². The number of benzene rings is 1. The maximum atomic E-state index is 12.1. The Balaban J connectivity index is 1.56. The van der Waals surface area contributed by atoms with Crippen LogP contribution in [0, 0.1) is 0 Å². The molecule has 0 unspecified atom stereocenters. The van der Waals surface area contributed by atoms with E-state index in [4.69, 9.17) is 0 Å². The van der Waals surface area contributed by atoms with E-state index in [-0.39, 0.29) is 12.3 Å². The lowest BCUT2D eigenvalue weighted by molar-refractivity contribution is 0.252. The molecule has 1 aliphatic rings. The minimum Gasteiger partial charge on any atom is -0.337 e. The predicted octanol–water partition coefficient (Wildman–Crippen LogP) is 1.78. The van der Waals surface area contributed by atoms with E-state index in [9.17, 15) is 13.2 Å². The Kier molecular flexibility index (Phi) is 4.96. The van der Waals surface area contributed by atoms with Gasteiger partial charge in [-0.25, -0.2) is 17.5 Å². The standard InChI is InChI=1S/C16H20N4O3S/c21-16(18-8-11-24(22,23)20-9-1-2-10-20)19-15-5-3-4-13-12-17-7-6-14(13)15/h3-7,12H,1-2,8-11H2,(H2,18,19,21). The number of nitrogens with one attached hydrogen (secondary N) is 2. The number of carbonyl (C=O) groups is 1. The Morgan fingerprint density at radius 2 is 2.00 bits per heavy atom. The van der Waals surface area contributed by atoms with Crippen molar-refractivity contribution in [2.75, 3.05) is 30.7 Å². The number of urea groups is 1. The SMILES string of the molecule is O=C(NCCS(=O)(=O)N1CCCC1)Nc1cccc2cnccc12. The third-order valence-corrected chi connectivity index (χ3v) is 5.90. The molecule has 8 heteroatoms. The summed E-state index contributed by atoms with van der Waals surface area (Å²) in [7, 11) is -3.28. The van der Waals surface area contributed by atoms with E-state index in [2.05, 4.69) is 15.6 Å². The van der Waals surface area contributed by atoms with Crippen LogP contribution in [0.4, 0.5) is 10.5 Å². The second-order valence-corrected chi connectivity index (χ2v) is 7.79. The van der Waals surface area contributed by atoms with Crippen molar-refractivity contribution < 1.29 is 13.2 Å². The second kappa shape index (κ2) is 7.14. The third kappa shape index (κ3) is 3.82. The van der Waals surface area contributed by atoms with Crippen LogP contribution >= 0.6 is 0 Å². The lowest BCUT2D eigenvalue weighted by atomic mass is 10.1. The number of fused-ring (bicyclic) bond motifs is 1. The zero-order valence-corrected chi connectivity index (χ0v) is 14.1. The Morgan fingerprint density at radius 3 is 2.79 bits per heavy atom. The normalized spacial score (nSPS) is 15.5. The summed E-state index contributed by atoms with van der Waals surface area (Å²) in [6.07, 6.45) is 5.20. The average molecular weight is 348 g/mol. The Hall–Kier alpha value is -2.19. The van der Waals surface area contributed by atoms with Gasteiger partial charge in [-0.2, -0.15) is 0 Å². The van der Waals surface area contributed by atoms with Crippen molar-refractivity contribution in [1.82, 2.24) is 14.6 Å². The lowest BCUT2D eigenvalue weighted by Crippen LogP contribution is -2.37. The van der Waals surface area contributed by atoms with Gasteiger partial charge < -0.3 is 10.6 Å². The summed E-state index contributed by atoms with van der Waals surface area (Å²) < 4.78 is 25.7. The zero-order valence-electron chi connectivity index (χ0n) is 13.2. The minimum absolute atomic E-state index is 0.0803. The van der Waals surface area contributed by atoms with E-state index in [0.717, 1.165) is 23.6 Å². The molecule has 0 bridgehead atoms. The molecule has 1 aromatic carbocycles. The van der Waals surface area contributed by atoms with Crippen LogP contribution in [0.1, 0.15) is 12.8 Å². The van der Waals surface area contributed by atoms with E-state index < -0.39 is 16.1 Å². The largest absolute Gasteiger partial charge is 0.337 e. The van der Waals surface area contributed by atoms with E-state index in [0.29, 0.717) is 18.8 Å². The van der Waals surface area contributed by atoms with Gasteiger partial charge in [0.1, 0.15) is 0 Å². The number of carbonyl (C=O) groups excluding carboxylic acids is 1. The van der Waals surface area contributed by atoms with Crippen LogP contribution < -0.4 is 10.6 Å². The molecule has 128 valence electrons. The van der Waals surface area contributed by atoms with E-state index in [1.807, 2.05) is 18.2 Å². The van der Waals surface area contributed by atoms with Crippen molar-refractivity contribution in [1.29, 1.82) is 0 Å². The van der Waals surface area contributed by atoms with Gasteiger partial charge in [0, 0.05) is 42.8 Å². The summed E-state index contributed by atoms with van der Waals surface area (Å²) in [5.41, 5.74) is 0.662. The molecule has 1 saturated heterocycles. The van der Waals surface area contributed by atoms with Crippen molar-refractivity contribution in [2.45, 2.75) is 12.8 Å². The molecule has 1 fully saturated rings. The first kappa shape index (κ1) is 16.7. The smallest absolute Gasteiger partial charge is 0.319 e. The molecule has 0 spiro atoms. The van der Waals surface area contributed by atoms with Gasteiger partial charge in [0.15, 0.2) is 0 Å². The first-order valence-corrected chi connectivity index (χ1v) is 9.52. The maximum Gasteiger partial charge on any atom is 0.319 e. The molecule has 1 aliphatic heterocycles. The highest BCUT2D eigenvalue weighted by Crippen LogP contribution is 2.21. The van der Waals surface area contributed by atoms with Gasteiger partial charge in [0.05, 0.1) is 11.4 Å². The molecule has 7 nitrogen and oxygen atoms in total. The van der Waals surface area contributed by atoms with Gasteiger partial charge in [-0.05, 0) is 25.0 Å². The van der Waals surface area contributed by atoms with Crippen molar-refractivity contribution in [3.8, 4) is 0 Å². The summed E-state index contributed by atoms with van der Waals surface area (Å²) in [6, 6.07) is 6.94. The average Bonchev–Trinajstić information content (AvgIpc) is 3.10. The van der Waals surface area contributed by atoms with Gasteiger partial charge in [0.2, 0.25) is 10.0 Å². The predicted molar refractivity (Wildman–Crippen MR) is 93.4 cm³/mol. The Morgan fingerprint density at radius 1 is 1.21 bits per heavy atom. The van der Waals surface area contributed by atoms with Crippen LogP contribution in [0.2, 0.25) is 0 Å². The van der Waals surface area contributed by atoms with E-state index in [1.165, 1.54) is 4.31 Å². The molecule has 0 radical (unpaired) electrons. The fourth-order valence-corrected chi connectivity index (χ4v) is 4.22. The highest BCUT2D eigenvalue weighted by molar-refractivity contribution is 7.89. The summed E-state index contributed by atoms with van der Waals surface area (Å²) in [4.78, 5) is 16.1. The van der Waals surface area contributed by atoms with Crippen LogP contribution in [0.25, 0.3) is 10.8 Å². The molecule has 1 aromatic heterocycles. The van der Waals surface area contributed by atoms with Gasteiger partial charge in [-0.15, -0.1) is 0 Å². The number of rotatable bonds is 5. The monoisotopic (exact) mass is 348 g/mol. The highest BCUT2D eigenvalue weighted by Gasteiger charge is 2.24. The third-order valence-electron chi connectivity index (χ3n) is 4.03. The number of anilines is 1. The number of hydrogen-bond donors (Lipinski definition) is 2. The van der Waals surface area contributed by atoms with Crippen LogP contribution in [0.15, 0.2) is 36.7 Å². The van der Waals surface area contributed by atoms with Crippen LogP contribution in [-0.2, 0) is 10.0 Å². The van der Waals surface area contributed by atoms with Gasteiger partial charge in [0.25, 0.3) is 0 Å². The molecular weight excluding hydrogens is 328 g/mol. The molecule has 2 heterocycles. The molecule has 24 heavy (non-hydrogen) atoms. The van der Waals surface area contributed by atoms with Gasteiger partial charge in [-0.1, -0.05) is 12.1 Å². The van der Waals surface area contributed by atoms with Crippen molar-refractivity contribution in [2.24, 2.45) is 0 Å². The molecule has 2 aromatic rings. The van der Waals surface area contributed by atoms with Gasteiger partial charge in [-0.3, -0.25) is 4.98 Å². The number of nitrogens with zero attached hydrogens (tertiary/aromatic N) is 2. The lowest BCUT2D eigenvalue weighted by Gasteiger charge is -2.15. The molecule has 2 N–H and O–H groups in total. The van der Waals surface area contributed by atoms with E-state index in [1.54, 1.807) is 18.5 Å². The van der Waals surface area contributed by atoms with Crippen LogP contribution in [0.3, 0.4) is 0 Å². The summed E-state index contributed by atoms with van der Waals surface area (Å²) in [6.45, 7) is 1.24. The fraction of sp³-hybridized carbons (Fsp3) is 0.375. The molecule has 0 atom stereocenters. The number of amides is 2. The number of hydrogen-bond acceptors (Lipinski definition) is 4. The summed E-state index contributed by atoms with van der Waals surface area (Å²) in [5, 5.41) is 7.16. The van der Waals surface area contributed by atoms with Gasteiger partial charge >= 0.3 is 6.03 Å². The zero-order chi connectivity index (χ0) is 17.0. The van der Waals surface area contributed by atoms with E-state index >= 15 is 0 Å². The minimum atomic E-state index is -3.28. The molecule has 3 rings (SSSR count). The Bertz CT molecular complexity index is 827. The van der Waals surface area contributed by atoms with Crippen molar-refractivity contribution in [3.63, 3.8) is 0 Å². The van der Waals surface area contributed by atoms with Crippen LogP contribution in [-0.4, -0.2) is 49.1 Å². The van der Waals surface area contributed by atoms with Crippen molar-refractivity contribution >= 4 is 32.5 Å². The number of aromatic nitrogens is 1. The number of pyridine rings is 1. The summed E-state index contributed by atoms with van der Waals surface area (Å²) >= 11 is 0. The molecule has 2 amide bonds. The first-order chi connectivity index (χ1) is 11.6. The van der Waals surface area contributed by atoms with Crippen molar-refractivity contribution in [3.05, 3.63) is 36.7 Å². The molecular formula is C16H20N4O3S. The Labute approximate surface area is 141 Å². The molecule has 0 aliphatic carbocycles. The highest BCUT2D eigenvalue weighted by atomic mass is 32.2. The quantitative estimate of drug-likeness (QED) is 0.862. The molecule has 0 saturated carbocycles. The fourth-order valence-electron chi connectivity index (χ4n) is 2.79. The number of sulfonamides is 1. The first-order valence-electron chi connectivity index (χ1n) is 7.92. The maximum absolute atomic E-state index is 12.1.